The fraction of sp³-hybridized carbons (Fsp3) is 0.435. The zero-order valence-corrected chi connectivity index (χ0v) is 19.8. The Hall–Kier alpha value is -2.94. The molecule has 0 radical (unpaired) electrons. The normalized spacial score (nSPS) is 12.0. The van der Waals surface area contributed by atoms with Gasteiger partial charge >= 0.3 is 5.97 Å². The number of furan rings is 1. The zero-order valence-electron chi connectivity index (χ0n) is 19.0. The zero-order chi connectivity index (χ0) is 23.7. The molecule has 0 aliphatic carbocycles. The molecule has 1 aromatic carbocycles. The van der Waals surface area contributed by atoms with Crippen LogP contribution in [0.2, 0.25) is 0 Å². The molecule has 0 saturated carbocycles. The summed E-state index contributed by atoms with van der Waals surface area (Å²) in [7, 11) is 1.51. The van der Waals surface area contributed by atoms with E-state index in [0.29, 0.717) is 23.6 Å². The number of ether oxygens (including phenoxy) is 2. The molecule has 0 spiro atoms. The summed E-state index contributed by atoms with van der Waals surface area (Å²) in [5.41, 5.74) is 1.39. The molecule has 1 heterocycles. The molecule has 2 rings (SSSR count). The van der Waals surface area contributed by atoms with Crippen LogP contribution in [0.1, 0.15) is 43.3 Å². The Balaban J connectivity index is 2.00. The minimum atomic E-state index is -0.897. The van der Waals surface area contributed by atoms with Crippen LogP contribution in [0.25, 0.3) is 0 Å². The molecule has 2 amide bonds. The molecule has 32 heavy (non-hydrogen) atoms. The number of thioether (sulfide) groups is 1. The standard InChI is InChI=1S/C23H30N2O6S/c1-23(2,3)15-8-9-18(29-4)17(13-15)24-20(26)14-31-22(28)16(10-12-32-5)25-21(27)19-7-6-11-30-19/h6-9,11,13,16H,10,12,14H2,1-5H3,(H,24,26)(H,25,27)/t16-/m1/s1. The third-order valence-electron chi connectivity index (χ3n) is 4.63. The fourth-order valence-electron chi connectivity index (χ4n) is 2.82. The number of rotatable bonds is 10. The second-order valence-corrected chi connectivity index (χ2v) is 9.09. The lowest BCUT2D eigenvalue weighted by atomic mass is 9.87. The van der Waals surface area contributed by atoms with Gasteiger partial charge in [-0.05, 0) is 53.7 Å². The Morgan fingerprint density at radius 1 is 1.19 bits per heavy atom. The van der Waals surface area contributed by atoms with Crippen molar-refractivity contribution in [3.05, 3.63) is 47.9 Å². The van der Waals surface area contributed by atoms with Crippen LogP contribution < -0.4 is 15.4 Å². The van der Waals surface area contributed by atoms with Crippen LogP contribution in [0.5, 0.6) is 5.75 Å². The van der Waals surface area contributed by atoms with Gasteiger partial charge in [0.15, 0.2) is 12.4 Å². The first-order chi connectivity index (χ1) is 15.2. The first-order valence-electron chi connectivity index (χ1n) is 10.1. The number of esters is 1. The average Bonchev–Trinajstić information content (AvgIpc) is 3.29. The van der Waals surface area contributed by atoms with Crippen LogP contribution in [-0.4, -0.2) is 49.6 Å². The number of carbonyl (C=O) groups excluding carboxylic acids is 3. The molecule has 9 heteroatoms. The van der Waals surface area contributed by atoms with Gasteiger partial charge in [0.25, 0.3) is 11.8 Å². The molecule has 8 nitrogen and oxygen atoms in total. The van der Waals surface area contributed by atoms with Crippen LogP contribution in [0, 0.1) is 0 Å². The highest BCUT2D eigenvalue weighted by Crippen LogP contribution is 2.31. The summed E-state index contributed by atoms with van der Waals surface area (Å²) in [5.74, 6) is -0.502. The van der Waals surface area contributed by atoms with Gasteiger partial charge in [-0.3, -0.25) is 9.59 Å². The predicted molar refractivity (Wildman–Crippen MR) is 124 cm³/mol. The van der Waals surface area contributed by atoms with Crippen LogP contribution in [0.3, 0.4) is 0 Å². The average molecular weight is 463 g/mol. The van der Waals surface area contributed by atoms with Gasteiger partial charge in [0.1, 0.15) is 11.8 Å². The molecule has 1 atom stereocenters. The predicted octanol–water partition coefficient (Wildman–Crippen LogP) is 3.62. The van der Waals surface area contributed by atoms with Gasteiger partial charge in [-0.25, -0.2) is 4.79 Å². The highest BCUT2D eigenvalue weighted by Gasteiger charge is 2.25. The van der Waals surface area contributed by atoms with E-state index in [-0.39, 0.29) is 11.2 Å². The number of benzene rings is 1. The van der Waals surface area contributed by atoms with Crippen molar-refractivity contribution in [3.63, 3.8) is 0 Å². The van der Waals surface area contributed by atoms with Crippen molar-refractivity contribution < 1.29 is 28.3 Å². The van der Waals surface area contributed by atoms with E-state index in [4.69, 9.17) is 13.9 Å². The van der Waals surface area contributed by atoms with Gasteiger partial charge in [0, 0.05) is 0 Å². The number of methoxy groups -OCH3 is 1. The lowest BCUT2D eigenvalue weighted by Gasteiger charge is -2.21. The summed E-state index contributed by atoms with van der Waals surface area (Å²) >= 11 is 1.53. The van der Waals surface area contributed by atoms with Gasteiger partial charge in [-0.15, -0.1) is 0 Å². The Morgan fingerprint density at radius 3 is 2.53 bits per heavy atom. The molecule has 174 valence electrons. The summed E-state index contributed by atoms with van der Waals surface area (Å²) in [5, 5.41) is 5.32. The third kappa shape index (κ3) is 7.33. The van der Waals surface area contributed by atoms with Crippen LogP contribution in [0.15, 0.2) is 41.0 Å². The summed E-state index contributed by atoms with van der Waals surface area (Å²) in [4.78, 5) is 37.2. The van der Waals surface area contributed by atoms with Gasteiger partial charge in [0.2, 0.25) is 0 Å². The Labute approximate surface area is 192 Å². The van der Waals surface area contributed by atoms with Gasteiger partial charge < -0.3 is 24.5 Å². The van der Waals surface area contributed by atoms with Gasteiger partial charge in [-0.1, -0.05) is 26.8 Å². The van der Waals surface area contributed by atoms with E-state index in [1.807, 2.05) is 18.4 Å². The molecule has 0 saturated heterocycles. The molecule has 0 aliphatic rings. The smallest absolute Gasteiger partial charge is 0.329 e. The maximum Gasteiger partial charge on any atom is 0.329 e. The second kappa shape index (κ2) is 11.6. The van der Waals surface area contributed by atoms with Crippen LogP contribution >= 0.6 is 11.8 Å². The fourth-order valence-corrected chi connectivity index (χ4v) is 3.29. The van der Waals surface area contributed by atoms with Crippen molar-refractivity contribution in [2.75, 3.05) is 31.0 Å². The van der Waals surface area contributed by atoms with Crippen molar-refractivity contribution in [1.82, 2.24) is 5.32 Å². The molecular formula is C23H30N2O6S. The van der Waals surface area contributed by atoms with E-state index in [0.717, 1.165) is 5.56 Å². The van der Waals surface area contributed by atoms with E-state index >= 15 is 0 Å². The topological polar surface area (TPSA) is 107 Å². The number of nitrogens with one attached hydrogen (secondary N) is 2. The molecule has 1 aromatic heterocycles. The maximum absolute atomic E-state index is 12.5. The van der Waals surface area contributed by atoms with E-state index in [1.54, 1.807) is 12.1 Å². The third-order valence-corrected chi connectivity index (χ3v) is 5.27. The van der Waals surface area contributed by atoms with Crippen molar-refractivity contribution in [2.45, 2.75) is 38.6 Å². The number of hydrogen-bond acceptors (Lipinski definition) is 7. The maximum atomic E-state index is 12.5. The quantitative estimate of drug-likeness (QED) is 0.519. The summed E-state index contributed by atoms with van der Waals surface area (Å²) in [6.45, 7) is 5.70. The second-order valence-electron chi connectivity index (χ2n) is 8.11. The first-order valence-corrected chi connectivity index (χ1v) is 11.5. The SMILES string of the molecule is COc1ccc(C(C)(C)C)cc1NC(=O)COC(=O)[C@@H](CCSC)NC(=O)c1ccco1. The van der Waals surface area contributed by atoms with Crippen LogP contribution in [-0.2, 0) is 19.7 Å². The van der Waals surface area contributed by atoms with Crippen LogP contribution in [0.4, 0.5) is 5.69 Å². The molecule has 2 aromatic rings. The van der Waals surface area contributed by atoms with E-state index < -0.39 is 30.4 Å². The highest BCUT2D eigenvalue weighted by molar-refractivity contribution is 7.98. The highest BCUT2D eigenvalue weighted by atomic mass is 32.2. The Kier molecular flexibility index (Phi) is 9.19. The van der Waals surface area contributed by atoms with E-state index in [9.17, 15) is 14.4 Å². The molecule has 2 N–H and O–H groups in total. The Morgan fingerprint density at radius 2 is 1.94 bits per heavy atom. The lowest BCUT2D eigenvalue weighted by Crippen LogP contribution is -2.43. The minimum absolute atomic E-state index is 0.0931. The summed E-state index contributed by atoms with van der Waals surface area (Å²) in [6, 6.07) is 7.74. The van der Waals surface area contributed by atoms with Crippen molar-refractivity contribution in [2.24, 2.45) is 0 Å². The van der Waals surface area contributed by atoms with Crippen molar-refractivity contribution in [3.8, 4) is 5.75 Å². The van der Waals surface area contributed by atoms with Gasteiger partial charge in [0.05, 0.1) is 19.1 Å². The monoisotopic (exact) mass is 462 g/mol. The summed E-state index contributed by atoms with van der Waals surface area (Å²) < 4.78 is 15.6. The molecule has 0 bridgehead atoms. The number of hydrogen-bond donors (Lipinski definition) is 2. The van der Waals surface area contributed by atoms with Gasteiger partial charge in [-0.2, -0.15) is 11.8 Å². The first kappa shape index (κ1) is 25.3. The molecule has 0 fully saturated rings. The Bertz CT molecular complexity index is 921. The molecular weight excluding hydrogens is 432 g/mol. The van der Waals surface area contributed by atoms with Crippen molar-refractivity contribution in [1.29, 1.82) is 0 Å². The number of amides is 2. The lowest BCUT2D eigenvalue weighted by molar-refractivity contribution is -0.149. The minimum Gasteiger partial charge on any atom is -0.495 e. The molecule has 0 aliphatic heterocycles. The van der Waals surface area contributed by atoms with E-state index in [2.05, 4.69) is 31.4 Å². The number of anilines is 1. The molecule has 0 unspecified atom stereocenters. The number of carbonyl (C=O) groups is 3. The van der Waals surface area contributed by atoms with E-state index in [1.165, 1.54) is 31.2 Å². The largest absolute Gasteiger partial charge is 0.495 e. The summed E-state index contributed by atoms with van der Waals surface area (Å²) in [6.07, 6.45) is 3.62. The van der Waals surface area contributed by atoms with Crippen molar-refractivity contribution >= 4 is 35.2 Å².